The zero-order chi connectivity index (χ0) is 12.8. The molecular weight excluding hydrogens is 280 g/mol. The lowest BCUT2D eigenvalue weighted by atomic mass is 10.1. The van der Waals surface area contributed by atoms with Crippen LogP contribution in [0.3, 0.4) is 0 Å². The highest BCUT2D eigenvalue weighted by Crippen LogP contribution is 2.27. The van der Waals surface area contributed by atoms with Gasteiger partial charge in [0.25, 0.3) is 0 Å². The summed E-state index contributed by atoms with van der Waals surface area (Å²) in [5.74, 6) is 0. The summed E-state index contributed by atoms with van der Waals surface area (Å²) in [6.45, 7) is 7.11. The van der Waals surface area contributed by atoms with Gasteiger partial charge in [-0.05, 0) is 24.6 Å². The highest BCUT2D eigenvalue weighted by atomic mass is 79.9. The molecule has 0 aliphatic heterocycles. The van der Waals surface area contributed by atoms with E-state index in [0.717, 1.165) is 15.7 Å². The maximum absolute atomic E-state index is 9.03. The molecule has 0 saturated carbocycles. The summed E-state index contributed by atoms with van der Waals surface area (Å²) >= 11 is 3.52. The van der Waals surface area contributed by atoms with E-state index < -0.39 is 0 Å². The van der Waals surface area contributed by atoms with Crippen LogP contribution in [0.25, 0.3) is 0 Å². The van der Waals surface area contributed by atoms with Gasteiger partial charge in [0.2, 0.25) is 0 Å². The maximum atomic E-state index is 9.03. The minimum atomic E-state index is 0.00382. The Morgan fingerprint density at radius 1 is 1.59 bits per heavy atom. The quantitative estimate of drug-likeness (QED) is 0.793. The lowest BCUT2D eigenvalue weighted by Crippen LogP contribution is -2.26. The van der Waals surface area contributed by atoms with Gasteiger partial charge in [0.05, 0.1) is 6.61 Å². The average molecular weight is 299 g/mol. The van der Waals surface area contributed by atoms with Gasteiger partial charge in [-0.25, -0.2) is 0 Å². The Morgan fingerprint density at radius 3 is 2.76 bits per heavy atom. The van der Waals surface area contributed by atoms with Crippen LogP contribution < -0.4 is 10.6 Å². The summed E-state index contributed by atoms with van der Waals surface area (Å²) in [6.07, 6.45) is 1.82. The predicted molar refractivity (Wildman–Crippen MR) is 76.2 cm³/mol. The number of hydrogen-bond acceptors (Lipinski definition) is 3. The normalized spacial score (nSPS) is 12.2. The average Bonchev–Trinajstić information content (AvgIpc) is 2.28. The van der Waals surface area contributed by atoms with Crippen molar-refractivity contribution in [2.24, 2.45) is 5.73 Å². The van der Waals surface area contributed by atoms with Crippen molar-refractivity contribution < 1.29 is 5.11 Å². The van der Waals surface area contributed by atoms with Gasteiger partial charge in [0.15, 0.2) is 0 Å². The molecule has 0 saturated heterocycles. The second-order valence-electron chi connectivity index (χ2n) is 3.95. The summed E-state index contributed by atoms with van der Waals surface area (Å²) in [5.41, 5.74) is 7.99. The van der Waals surface area contributed by atoms with Crippen LogP contribution in [0.4, 0.5) is 5.69 Å². The number of nitrogens with two attached hydrogens (primary N) is 1. The third-order valence-electron chi connectivity index (χ3n) is 2.56. The number of benzene rings is 1. The predicted octanol–water partition coefficient (Wildman–Crippen LogP) is 2.45. The van der Waals surface area contributed by atoms with E-state index in [0.29, 0.717) is 13.1 Å². The van der Waals surface area contributed by atoms with E-state index in [2.05, 4.69) is 27.4 Å². The molecule has 1 aromatic rings. The molecule has 0 fully saturated rings. The molecule has 3 N–H and O–H groups in total. The highest BCUT2D eigenvalue weighted by molar-refractivity contribution is 9.10. The van der Waals surface area contributed by atoms with Gasteiger partial charge < -0.3 is 15.7 Å². The van der Waals surface area contributed by atoms with Crippen molar-refractivity contribution in [1.29, 1.82) is 0 Å². The van der Waals surface area contributed by atoms with Crippen molar-refractivity contribution in [2.75, 3.05) is 24.6 Å². The molecule has 0 heterocycles. The van der Waals surface area contributed by atoms with Gasteiger partial charge in [-0.15, -0.1) is 6.58 Å². The van der Waals surface area contributed by atoms with Crippen molar-refractivity contribution in [3.05, 3.63) is 40.9 Å². The number of nitrogens with zero attached hydrogens (tertiary/aromatic N) is 1. The molecule has 94 valence electrons. The smallest absolute Gasteiger partial charge is 0.0606 e. The van der Waals surface area contributed by atoms with Crippen LogP contribution in [0.15, 0.2) is 35.3 Å². The highest BCUT2D eigenvalue weighted by Gasteiger charge is 2.09. The van der Waals surface area contributed by atoms with Gasteiger partial charge in [-0.3, -0.25) is 0 Å². The Balaban J connectivity index is 2.97. The van der Waals surface area contributed by atoms with Crippen LogP contribution >= 0.6 is 15.9 Å². The Bertz CT molecular complexity index is 380. The van der Waals surface area contributed by atoms with E-state index in [1.807, 2.05) is 31.2 Å². The van der Waals surface area contributed by atoms with Gasteiger partial charge in [-0.1, -0.05) is 28.1 Å². The number of anilines is 1. The van der Waals surface area contributed by atoms with E-state index in [-0.39, 0.29) is 12.6 Å². The Hall–Kier alpha value is -0.840. The zero-order valence-corrected chi connectivity index (χ0v) is 11.7. The molecule has 17 heavy (non-hydrogen) atoms. The molecule has 4 heteroatoms. The fourth-order valence-corrected chi connectivity index (χ4v) is 2.41. The molecule has 0 aliphatic carbocycles. The molecule has 1 atom stereocenters. The molecule has 0 amide bonds. The van der Waals surface area contributed by atoms with Crippen LogP contribution in [-0.4, -0.2) is 24.8 Å². The van der Waals surface area contributed by atoms with Crippen molar-refractivity contribution in [1.82, 2.24) is 0 Å². The summed E-state index contributed by atoms with van der Waals surface area (Å²) < 4.78 is 0.997. The second-order valence-corrected chi connectivity index (χ2v) is 4.81. The fraction of sp³-hybridized carbons (Fsp3) is 0.385. The molecule has 3 nitrogen and oxygen atoms in total. The summed E-state index contributed by atoms with van der Waals surface area (Å²) in [4.78, 5) is 2.06. The van der Waals surface area contributed by atoms with Crippen molar-refractivity contribution in [3.8, 4) is 0 Å². The second kappa shape index (κ2) is 6.79. The summed E-state index contributed by atoms with van der Waals surface area (Å²) in [5, 5.41) is 9.03. The van der Waals surface area contributed by atoms with Gasteiger partial charge in [-0.2, -0.15) is 0 Å². The monoisotopic (exact) mass is 298 g/mol. The van der Waals surface area contributed by atoms with Crippen molar-refractivity contribution >= 4 is 21.6 Å². The molecule has 0 aromatic heterocycles. The third kappa shape index (κ3) is 3.84. The molecular formula is C13H19BrN2O. The number of aliphatic hydroxyl groups excluding tert-OH is 1. The van der Waals surface area contributed by atoms with Crippen LogP contribution in [0.5, 0.6) is 0 Å². The minimum absolute atomic E-state index is 0.00382. The van der Waals surface area contributed by atoms with E-state index >= 15 is 0 Å². The standard InChI is InChI=1S/C13H19BrN2O/c1-3-6-16(7-8-17)11-4-5-12(10(2)15)13(14)9-11/h3-5,9-10,17H,1,6-8,15H2,2H3/t10-/m0/s1. The van der Waals surface area contributed by atoms with Crippen LogP contribution in [-0.2, 0) is 0 Å². The van der Waals surface area contributed by atoms with E-state index in [1.165, 1.54) is 0 Å². The first-order valence-corrected chi connectivity index (χ1v) is 6.41. The molecule has 0 radical (unpaired) electrons. The topological polar surface area (TPSA) is 49.5 Å². The van der Waals surface area contributed by atoms with E-state index in [4.69, 9.17) is 10.8 Å². The molecule has 1 rings (SSSR count). The molecule has 1 aromatic carbocycles. The summed E-state index contributed by atoms with van der Waals surface area (Å²) in [7, 11) is 0. The van der Waals surface area contributed by atoms with E-state index in [1.54, 1.807) is 0 Å². The lowest BCUT2D eigenvalue weighted by molar-refractivity contribution is 0.303. The Morgan fingerprint density at radius 2 is 2.29 bits per heavy atom. The van der Waals surface area contributed by atoms with Crippen LogP contribution in [0, 0.1) is 0 Å². The largest absolute Gasteiger partial charge is 0.395 e. The lowest BCUT2D eigenvalue weighted by Gasteiger charge is -2.23. The Labute approximate surface area is 111 Å². The SMILES string of the molecule is C=CCN(CCO)c1ccc([C@H](C)N)c(Br)c1. The zero-order valence-electron chi connectivity index (χ0n) is 10.1. The van der Waals surface area contributed by atoms with Crippen LogP contribution in [0.2, 0.25) is 0 Å². The van der Waals surface area contributed by atoms with Crippen molar-refractivity contribution in [2.45, 2.75) is 13.0 Å². The van der Waals surface area contributed by atoms with Gasteiger partial charge in [0.1, 0.15) is 0 Å². The molecule has 0 spiro atoms. The first-order valence-electron chi connectivity index (χ1n) is 5.62. The third-order valence-corrected chi connectivity index (χ3v) is 3.25. The van der Waals surface area contributed by atoms with Gasteiger partial charge in [0, 0.05) is 29.3 Å². The number of halogens is 1. The first-order chi connectivity index (χ1) is 8.10. The van der Waals surface area contributed by atoms with Crippen molar-refractivity contribution in [3.63, 3.8) is 0 Å². The summed E-state index contributed by atoms with van der Waals surface area (Å²) in [6, 6.07) is 6.06. The van der Waals surface area contributed by atoms with Crippen LogP contribution in [0.1, 0.15) is 18.5 Å². The van der Waals surface area contributed by atoms with E-state index in [9.17, 15) is 0 Å². The maximum Gasteiger partial charge on any atom is 0.0606 e. The Kier molecular flexibility index (Phi) is 5.68. The molecule has 0 unspecified atom stereocenters. The fourth-order valence-electron chi connectivity index (χ4n) is 1.68. The number of rotatable bonds is 6. The minimum Gasteiger partial charge on any atom is -0.395 e. The number of hydrogen-bond donors (Lipinski definition) is 2. The number of aliphatic hydroxyl groups is 1. The van der Waals surface area contributed by atoms with Gasteiger partial charge >= 0.3 is 0 Å². The molecule has 0 bridgehead atoms. The molecule has 0 aliphatic rings. The first kappa shape index (κ1) is 14.2.